The molecule has 2 heterocycles. The summed E-state index contributed by atoms with van der Waals surface area (Å²) in [5.74, 6) is 1.86. The van der Waals surface area contributed by atoms with Gasteiger partial charge in [-0.05, 0) is 25.5 Å². The highest BCUT2D eigenvalue weighted by Crippen LogP contribution is 2.33. The number of methoxy groups -OCH3 is 1. The van der Waals surface area contributed by atoms with Crippen LogP contribution < -0.4 is 4.74 Å². The normalized spacial score (nSPS) is 20.1. The molecule has 0 saturated carbocycles. The molecule has 3 nitrogen and oxygen atoms in total. The standard InChI is InChI=1S/C15H18ClFN2OS/c1-9(16)15-18-12-6-11(17)14(20-2)7-13(12)19(15)8-10-4-3-5-21-10/h6-7,9-10H,3-5,8H2,1-2H3. The van der Waals surface area contributed by atoms with Crippen molar-refractivity contribution in [1.82, 2.24) is 9.55 Å². The van der Waals surface area contributed by atoms with Gasteiger partial charge in [-0.2, -0.15) is 11.8 Å². The van der Waals surface area contributed by atoms with Crippen LogP contribution in [-0.4, -0.2) is 27.7 Å². The van der Waals surface area contributed by atoms with Gasteiger partial charge in [-0.25, -0.2) is 9.37 Å². The third kappa shape index (κ3) is 2.86. The number of thioether (sulfide) groups is 1. The number of aromatic nitrogens is 2. The zero-order chi connectivity index (χ0) is 15.0. The SMILES string of the molecule is COc1cc2c(cc1F)nc(C(C)Cl)n2CC1CCCS1. The van der Waals surface area contributed by atoms with Gasteiger partial charge in [0.05, 0.1) is 23.5 Å². The first-order valence-corrected chi connectivity index (χ1v) is 8.58. The second kappa shape index (κ2) is 6.05. The number of benzene rings is 1. The number of hydrogen-bond acceptors (Lipinski definition) is 3. The molecule has 0 radical (unpaired) electrons. The zero-order valence-electron chi connectivity index (χ0n) is 12.1. The quantitative estimate of drug-likeness (QED) is 0.779. The molecule has 114 valence electrons. The lowest BCUT2D eigenvalue weighted by molar-refractivity contribution is 0.387. The maximum absolute atomic E-state index is 13.9. The number of rotatable bonds is 4. The first-order chi connectivity index (χ1) is 10.1. The molecule has 3 rings (SSSR count). The first-order valence-electron chi connectivity index (χ1n) is 7.09. The Bertz CT molecular complexity index is 653. The van der Waals surface area contributed by atoms with Crippen LogP contribution in [0.15, 0.2) is 12.1 Å². The van der Waals surface area contributed by atoms with Gasteiger partial charge in [-0.3, -0.25) is 0 Å². The van der Waals surface area contributed by atoms with Crippen LogP contribution in [-0.2, 0) is 6.54 Å². The number of alkyl halides is 1. The number of imidazole rings is 1. The number of halogens is 2. The van der Waals surface area contributed by atoms with Gasteiger partial charge in [0.25, 0.3) is 0 Å². The van der Waals surface area contributed by atoms with Crippen LogP contribution >= 0.6 is 23.4 Å². The molecule has 0 spiro atoms. The van der Waals surface area contributed by atoms with Gasteiger partial charge in [-0.1, -0.05) is 0 Å². The van der Waals surface area contributed by atoms with Gasteiger partial charge in [-0.15, -0.1) is 11.6 Å². The lowest BCUT2D eigenvalue weighted by Gasteiger charge is -2.15. The molecule has 21 heavy (non-hydrogen) atoms. The van der Waals surface area contributed by atoms with Crippen molar-refractivity contribution in [2.24, 2.45) is 0 Å². The van der Waals surface area contributed by atoms with Crippen molar-refractivity contribution in [3.63, 3.8) is 0 Å². The average Bonchev–Trinajstić information content (AvgIpc) is 3.06. The van der Waals surface area contributed by atoms with Gasteiger partial charge in [0.1, 0.15) is 5.82 Å². The third-order valence-corrected chi connectivity index (χ3v) is 5.39. The number of ether oxygens (including phenoxy) is 1. The summed E-state index contributed by atoms with van der Waals surface area (Å²) < 4.78 is 21.1. The van der Waals surface area contributed by atoms with E-state index in [9.17, 15) is 4.39 Å². The van der Waals surface area contributed by atoms with E-state index in [0.717, 1.165) is 17.9 Å². The Kier molecular flexibility index (Phi) is 4.31. The van der Waals surface area contributed by atoms with Crippen molar-refractivity contribution in [3.8, 4) is 5.75 Å². The monoisotopic (exact) mass is 328 g/mol. The fraction of sp³-hybridized carbons (Fsp3) is 0.533. The molecule has 1 aliphatic rings. The summed E-state index contributed by atoms with van der Waals surface area (Å²) in [5, 5.41) is 0.366. The van der Waals surface area contributed by atoms with Crippen molar-refractivity contribution < 1.29 is 9.13 Å². The van der Waals surface area contributed by atoms with Crippen molar-refractivity contribution in [2.75, 3.05) is 12.9 Å². The Morgan fingerprint density at radius 3 is 3.00 bits per heavy atom. The van der Waals surface area contributed by atoms with Crippen LogP contribution in [0.5, 0.6) is 5.75 Å². The van der Waals surface area contributed by atoms with Gasteiger partial charge >= 0.3 is 0 Å². The van der Waals surface area contributed by atoms with E-state index in [1.54, 1.807) is 6.07 Å². The molecule has 2 aromatic rings. The van der Waals surface area contributed by atoms with Gasteiger partial charge in [0.2, 0.25) is 0 Å². The Labute approximate surface area is 132 Å². The third-order valence-electron chi connectivity index (χ3n) is 3.82. The number of hydrogen-bond donors (Lipinski definition) is 0. The van der Waals surface area contributed by atoms with Crippen molar-refractivity contribution in [1.29, 1.82) is 0 Å². The second-order valence-electron chi connectivity index (χ2n) is 5.31. The molecule has 1 aromatic carbocycles. The molecule has 1 aromatic heterocycles. The van der Waals surface area contributed by atoms with Crippen molar-refractivity contribution in [3.05, 3.63) is 23.8 Å². The Balaban J connectivity index is 2.10. The van der Waals surface area contributed by atoms with Crippen LogP contribution in [0.4, 0.5) is 4.39 Å². The second-order valence-corrected chi connectivity index (χ2v) is 7.37. The van der Waals surface area contributed by atoms with Crippen LogP contribution in [0.25, 0.3) is 11.0 Å². The molecule has 0 amide bonds. The van der Waals surface area contributed by atoms with E-state index in [1.807, 2.05) is 18.7 Å². The minimum atomic E-state index is -0.390. The minimum Gasteiger partial charge on any atom is -0.494 e. The summed E-state index contributed by atoms with van der Waals surface area (Å²) >= 11 is 8.25. The molecule has 1 aliphatic heterocycles. The van der Waals surface area contributed by atoms with Gasteiger partial charge in [0.15, 0.2) is 11.6 Å². The molecule has 2 atom stereocenters. The molecule has 1 saturated heterocycles. The number of fused-ring (bicyclic) bond motifs is 1. The Morgan fingerprint density at radius 1 is 1.57 bits per heavy atom. The predicted octanol–water partition coefficient (Wildman–Crippen LogP) is 4.38. The van der Waals surface area contributed by atoms with E-state index in [4.69, 9.17) is 16.3 Å². The molecule has 6 heteroatoms. The molecule has 0 aliphatic carbocycles. The molecule has 1 fully saturated rings. The molecule has 0 bridgehead atoms. The predicted molar refractivity (Wildman–Crippen MR) is 86.0 cm³/mol. The highest BCUT2D eigenvalue weighted by molar-refractivity contribution is 8.00. The van der Waals surface area contributed by atoms with E-state index >= 15 is 0 Å². The maximum atomic E-state index is 13.9. The summed E-state index contributed by atoms with van der Waals surface area (Å²) in [4.78, 5) is 4.52. The molecular formula is C15H18ClFN2OS. The summed E-state index contributed by atoms with van der Waals surface area (Å²) in [6, 6.07) is 3.15. The first kappa shape index (κ1) is 15.0. The summed E-state index contributed by atoms with van der Waals surface area (Å²) in [5.41, 5.74) is 1.53. The van der Waals surface area contributed by atoms with Gasteiger partial charge < -0.3 is 9.30 Å². The van der Waals surface area contributed by atoms with Crippen LogP contribution in [0.1, 0.15) is 31.0 Å². The fourth-order valence-electron chi connectivity index (χ4n) is 2.79. The van der Waals surface area contributed by atoms with Crippen molar-refractivity contribution in [2.45, 2.75) is 36.9 Å². The lowest BCUT2D eigenvalue weighted by Crippen LogP contribution is -2.13. The molecule has 2 unspecified atom stereocenters. The molecule has 0 N–H and O–H groups in total. The minimum absolute atomic E-state index is 0.210. The lowest BCUT2D eigenvalue weighted by atomic mass is 10.2. The Morgan fingerprint density at radius 2 is 2.38 bits per heavy atom. The Hall–Kier alpha value is -0.940. The van der Waals surface area contributed by atoms with Crippen LogP contribution in [0, 0.1) is 5.82 Å². The summed E-state index contributed by atoms with van der Waals surface area (Å²) in [7, 11) is 1.48. The fourth-order valence-corrected chi connectivity index (χ4v) is 4.21. The smallest absolute Gasteiger partial charge is 0.167 e. The van der Waals surface area contributed by atoms with Crippen LogP contribution in [0.3, 0.4) is 0 Å². The maximum Gasteiger partial charge on any atom is 0.167 e. The highest BCUT2D eigenvalue weighted by Gasteiger charge is 2.22. The van der Waals surface area contributed by atoms with Gasteiger partial charge in [0, 0.05) is 23.9 Å². The van der Waals surface area contributed by atoms with Crippen LogP contribution in [0.2, 0.25) is 0 Å². The number of nitrogens with zero attached hydrogens (tertiary/aromatic N) is 2. The van der Waals surface area contributed by atoms with E-state index < -0.39 is 5.82 Å². The van der Waals surface area contributed by atoms with E-state index in [0.29, 0.717) is 10.8 Å². The zero-order valence-corrected chi connectivity index (χ0v) is 13.7. The van der Waals surface area contributed by atoms with E-state index in [2.05, 4.69) is 9.55 Å². The largest absolute Gasteiger partial charge is 0.494 e. The summed E-state index contributed by atoms with van der Waals surface area (Å²) in [6.07, 6.45) is 2.46. The van der Waals surface area contributed by atoms with E-state index in [-0.39, 0.29) is 11.1 Å². The van der Waals surface area contributed by atoms with E-state index in [1.165, 1.54) is 31.8 Å². The average molecular weight is 329 g/mol. The topological polar surface area (TPSA) is 27.1 Å². The summed E-state index contributed by atoms with van der Waals surface area (Å²) in [6.45, 7) is 2.76. The van der Waals surface area contributed by atoms with Crippen molar-refractivity contribution >= 4 is 34.4 Å². The molecular weight excluding hydrogens is 311 g/mol. The highest BCUT2D eigenvalue weighted by atomic mass is 35.5.